The van der Waals surface area contributed by atoms with Gasteiger partial charge in [0.2, 0.25) is 0 Å². The summed E-state index contributed by atoms with van der Waals surface area (Å²) in [4.78, 5) is 23.1. The van der Waals surface area contributed by atoms with Gasteiger partial charge in [-0.3, -0.25) is 9.59 Å². The van der Waals surface area contributed by atoms with E-state index in [2.05, 4.69) is 0 Å². The molecule has 3 aliphatic heterocycles. The summed E-state index contributed by atoms with van der Waals surface area (Å²) in [5.41, 5.74) is -0.926. The Hall–Kier alpha value is -0.810. The van der Waals surface area contributed by atoms with Gasteiger partial charge in [-0.15, -0.1) is 11.6 Å². The molecule has 6 heteroatoms. The number of hydrogen-bond donors (Lipinski definition) is 0. The van der Waals surface area contributed by atoms with Gasteiger partial charge in [0, 0.05) is 12.3 Å². The van der Waals surface area contributed by atoms with Crippen LogP contribution in [0, 0.1) is 11.8 Å². The highest BCUT2D eigenvalue weighted by molar-refractivity contribution is 6.26. The molecule has 3 fully saturated rings. The summed E-state index contributed by atoms with van der Waals surface area (Å²) in [6, 6.07) is 0. The van der Waals surface area contributed by atoms with Crippen molar-refractivity contribution in [2.45, 2.75) is 50.4 Å². The molecule has 0 amide bonds. The lowest BCUT2D eigenvalue weighted by molar-refractivity contribution is -0.157. The van der Waals surface area contributed by atoms with Crippen molar-refractivity contribution >= 4 is 23.5 Å². The molecule has 3 heterocycles. The van der Waals surface area contributed by atoms with Gasteiger partial charge in [0.1, 0.15) is 11.5 Å². The Balaban J connectivity index is 1.75. The zero-order valence-corrected chi connectivity index (χ0v) is 12.4. The van der Waals surface area contributed by atoms with Crippen LogP contribution < -0.4 is 0 Å². The molecule has 3 aliphatic rings. The molecule has 112 valence electrons. The molecule has 20 heavy (non-hydrogen) atoms. The van der Waals surface area contributed by atoms with Gasteiger partial charge in [-0.1, -0.05) is 0 Å². The minimum Gasteiger partial charge on any atom is -0.465 e. The van der Waals surface area contributed by atoms with Crippen molar-refractivity contribution in [2.24, 2.45) is 11.8 Å². The number of rotatable bonds is 4. The second-order valence-corrected chi connectivity index (χ2v) is 6.66. The fourth-order valence-corrected chi connectivity index (χ4v) is 4.37. The molecule has 3 rings (SSSR count). The predicted octanol–water partition coefficient (Wildman–Crippen LogP) is 1.66. The van der Waals surface area contributed by atoms with Crippen LogP contribution >= 0.6 is 11.6 Å². The van der Waals surface area contributed by atoms with E-state index in [0.29, 0.717) is 6.42 Å². The Morgan fingerprint density at radius 3 is 2.95 bits per heavy atom. The van der Waals surface area contributed by atoms with Crippen molar-refractivity contribution in [1.29, 1.82) is 0 Å². The van der Waals surface area contributed by atoms with E-state index in [4.69, 9.17) is 25.8 Å². The van der Waals surface area contributed by atoms with Crippen LogP contribution in [0.3, 0.4) is 0 Å². The number of cyclic esters (lactones) is 1. The van der Waals surface area contributed by atoms with Gasteiger partial charge in [0.25, 0.3) is 0 Å². The third kappa shape index (κ3) is 1.94. The lowest BCUT2D eigenvalue weighted by Crippen LogP contribution is -2.47. The monoisotopic (exact) mass is 302 g/mol. The van der Waals surface area contributed by atoms with Crippen LogP contribution in [-0.4, -0.2) is 41.7 Å². The molecule has 0 aromatic rings. The molecule has 0 radical (unpaired) electrons. The summed E-state index contributed by atoms with van der Waals surface area (Å²) in [7, 11) is 0. The number of carbonyl (C=O) groups is 2. The molecule has 0 saturated carbocycles. The molecule has 4 atom stereocenters. The number of halogens is 1. The average Bonchev–Trinajstić information content (AvgIpc) is 3.00. The quantitative estimate of drug-likeness (QED) is 0.584. The Morgan fingerprint density at radius 2 is 2.25 bits per heavy atom. The van der Waals surface area contributed by atoms with Crippen molar-refractivity contribution < 1.29 is 23.8 Å². The van der Waals surface area contributed by atoms with Crippen molar-refractivity contribution in [1.82, 2.24) is 0 Å². The standard InChI is InChI=1S/C14H19ClO5/c1-13(2)11-10(12(17)20-13)8-3-4-14(11,19-8)5-6-18-9(16)7-15/h8,10-11H,3-7H2,1-2H3. The molecule has 0 aliphatic carbocycles. The van der Waals surface area contributed by atoms with Crippen LogP contribution in [0.5, 0.6) is 0 Å². The molecule has 3 saturated heterocycles. The van der Waals surface area contributed by atoms with Crippen LogP contribution in [-0.2, 0) is 23.8 Å². The number of fused-ring (bicyclic) bond motifs is 5. The van der Waals surface area contributed by atoms with Crippen LogP contribution in [0.2, 0.25) is 0 Å². The number of hydrogen-bond acceptors (Lipinski definition) is 5. The van der Waals surface area contributed by atoms with E-state index in [1.165, 1.54) is 0 Å². The highest BCUT2D eigenvalue weighted by Crippen LogP contribution is 2.60. The first-order chi connectivity index (χ1) is 9.39. The van der Waals surface area contributed by atoms with E-state index in [1.807, 2.05) is 13.8 Å². The van der Waals surface area contributed by atoms with E-state index < -0.39 is 17.2 Å². The molecule has 0 aromatic heterocycles. The van der Waals surface area contributed by atoms with Crippen LogP contribution in [0.15, 0.2) is 0 Å². The molecule has 4 unspecified atom stereocenters. The molecule has 5 nitrogen and oxygen atoms in total. The van der Waals surface area contributed by atoms with Gasteiger partial charge in [-0.25, -0.2) is 0 Å². The van der Waals surface area contributed by atoms with E-state index in [-0.39, 0.29) is 36.4 Å². The van der Waals surface area contributed by atoms with Gasteiger partial charge >= 0.3 is 11.9 Å². The van der Waals surface area contributed by atoms with Gasteiger partial charge < -0.3 is 14.2 Å². The first-order valence-corrected chi connectivity index (χ1v) is 7.55. The van der Waals surface area contributed by atoms with Gasteiger partial charge in [-0.2, -0.15) is 0 Å². The maximum Gasteiger partial charge on any atom is 0.320 e. The maximum atomic E-state index is 12.0. The Morgan fingerprint density at radius 1 is 1.50 bits per heavy atom. The van der Waals surface area contributed by atoms with Crippen molar-refractivity contribution in [3.05, 3.63) is 0 Å². The van der Waals surface area contributed by atoms with Crippen LogP contribution in [0.1, 0.15) is 33.1 Å². The highest BCUT2D eigenvalue weighted by Gasteiger charge is 2.70. The van der Waals surface area contributed by atoms with Crippen molar-refractivity contribution in [3.63, 3.8) is 0 Å². The summed E-state index contributed by atoms with van der Waals surface area (Å²) >= 11 is 5.41. The van der Waals surface area contributed by atoms with Crippen LogP contribution in [0.4, 0.5) is 0 Å². The average molecular weight is 303 g/mol. The van der Waals surface area contributed by atoms with E-state index in [9.17, 15) is 9.59 Å². The van der Waals surface area contributed by atoms with E-state index >= 15 is 0 Å². The third-order valence-electron chi connectivity index (χ3n) is 4.85. The zero-order chi connectivity index (χ0) is 14.5. The summed E-state index contributed by atoms with van der Waals surface area (Å²) in [5, 5.41) is 0. The second-order valence-electron chi connectivity index (χ2n) is 6.39. The van der Waals surface area contributed by atoms with Crippen molar-refractivity contribution in [3.8, 4) is 0 Å². The number of carbonyl (C=O) groups excluding carboxylic acids is 2. The van der Waals surface area contributed by atoms with Gasteiger partial charge in [0.15, 0.2) is 0 Å². The van der Waals surface area contributed by atoms with E-state index in [1.54, 1.807) is 0 Å². The number of alkyl halides is 1. The molecule has 0 aromatic carbocycles. The predicted molar refractivity (Wildman–Crippen MR) is 70.3 cm³/mol. The molecule has 2 bridgehead atoms. The Kier molecular flexibility index (Phi) is 3.25. The first-order valence-electron chi connectivity index (χ1n) is 7.02. The van der Waals surface area contributed by atoms with Crippen LogP contribution in [0.25, 0.3) is 0 Å². The minimum atomic E-state index is -0.520. The molecule has 0 N–H and O–H groups in total. The lowest BCUT2D eigenvalue weighted by atomic mass is 9.66. The zero-order valence-electron chi connectivity index (χ0n) is 11.7. The Bertz CT molecular complexity index is 449. The normalized spacial score (nSPS) is 40.5. The maximum absolute atomic E-state index is 12.0. The van der Waals surface area contributed by atoms with Gasteiger partial charge in [-0.05, 0) is 26.7 Å². The third-order valence-corrected chi connectivity index (χ3v) is 5.06. The lowest BCUT2D eigenvalue weighted by Gasteiger charge is -2.38. The minimum absolute atomic E-state index is 0.0379. The molecule has 0 spiro atoms. The topological polar surface area (TPSA) is 61.8 Å². The number of esters is 2. The largest absolute Gasteiger partial charge is 0.465 e. The summed E-state index contributed by atoms with van der Waals surface area (Å²) < 4.78 is 16.7. The molecular weight excluding hydrogens is 284 g/mol. The fraction of sp³-hybridized carbons (Fsp3) is 0.857. The summed E-state index contributed by atoms with van der Waals surface area (Å²) in [6.07, 6.45) is 2.30. The summed E-state index contributed by atoms with van der Waals surface area (Å²) in [5.74, 6) is -0.844. The van der Waals surface area contributed by atoms with E-state index in [0.717, 1.165) is 12.8 Å². The smallest absolute Gasteiger partial charge is 0.320 e. The first kappa shape index (κ1) is 14.1. The second kappa shape index (κ2) is 4.60. The molecular formula is C14H19ClO5. The fourth-order valence-electron chi connectivity index (χ4n) is 4.29. The van der Waals surface area contributed by atoms with Crippen molar-refractivity contribution in [2.75, 3.05) is 12.5 Å². The SMILES string of the molecule is CC1(C)OC(=O)C2C3CCC(CCOC(=O)CCl)(O3)C21. The summed E-state index contributed by atoms with van der Waals surface area (Å²) in [6.45, 7) is 4.14. The Labute approximate surface area is 122 Å². The van der Waals surface area contributed by atoms with Gasteiger partial charge in [0.05, 0.1) is 24.2 Å². The number of ether oxygens (including phenoxy) is 3. The highest BCUT2D eigenvalue weighted by atomic mass is 35.5.